The maximum atomic E-state index is 6.16. The Labute approximate surface area is 192 Å². The standard InChI is InChI=1S/C28H24N4O/c29-19-21-6-8-23(9-7-21)27-24(22-4-2-1-3-5-22)18-25-26(32-27)12-16-31-28(25)33-17-13-20-10-14-30-15-11-20/h1-12,14-16,18H,13,17,19,29H2/p+1. The third kappa shape index (κ3) is 4.59. The molecular weight excluding hydrogens is 408 g/mol. The number of ether oxygens (including phenoxy) is 1. The van der Waals surface area contributed by atoms with E-state index in [1.54, 1.807) is 12.4 Å². The van der Waals surface area contributed by atoms with Gasteiger partial charge in [-0.1, -0.05) is 54.6 Å². The zero-order valence-electron chi connectivity index (χ0n) is 18.2. The van der Waals surface area contributed by atoms with Gasteiger partial charge in [0.1, 0.15) is 5.39 Å². The lowest BCUT2D eigenvalue weighted by molar-refractivity contribution is -0.392. The highest BCUT2D eigenvalue weighted by molar-refractivity contribution is 5.93. The number of pyridine rings is 3. The summed E-state index contributed by atoms with van der Waals surface area (Å²) in [5.74, 6) is 0.719. The largest absolute Gasteiger partial charge is 0.444 e. The summed E-state index contributed by atoms with van der Waals surface area (Å²) in [6.07, 6.45) is 6.28. The van der Waals surface area contributed by atoms with Crippen molar-refractivity contribution < 1.29 is 9.72 Å². The fraction of sp³-hybridized carbons (Fsp3) is 0.107. The molecule has 0 aliphatic heterocycles. The second-order valence-corrected chi connectivity index (χ2v) is 7.85. The second kappa shape index (κ2) is 9.59. The first kappa shape index (κ1) is 20.8. The van der Waals surface area contributed by atoms with Crippen LogP contribution >= 0.6 is 0 Å². The number of nitrogens with zero attached hydrogens (tertiary/aromatic N) is 2. The van der Waals surface area contributed by atoms with Crippen molar-refractivity contribution in [2.75, 3.05) is 6.61 Å². The molecular formula is C28H25N4O+. The number of hydrogen-bond acceptors (Lipinski definition) is 4. The van der Waals surface area contributed by atoms with E-state index in [9.17, 15) is 0 Å². The summed E-state index contributed by atoms with van der Waals surface area (Å²) in [6.45, 7) is 1.08. The van der Waals surface area contributed by atoms with Gasteiger partial charge in [0.2, 0.25) is 0 Å². The Morgan fingerprint density at radius 3 is 2.36 bits per heavy atom. The van der Waals surface area contributed by atoms with Gasteiger partial charge >= 0.3 is 5.88 Å². The molecule has 3 aromatic heterocycles. The van der Waals surface area contributed by atoms with Gasteiger partial charge in [-0.2, -0.15) is 4.98 Å². The third-order valence-corrected chi connectivity index (χ3v) is 5.69. The van der Waals surface area contributed by atoms with Gasteiger partial charge in [-0.25, -0.2) is 4.98 Å². The maximum absolute atomic E-state index is 6.16. The Morgan fingerprint density at radius 2 is 1.61 bits per heavy atom. The van der Waals surface area contributed by atoms with Gasteiger partial charge in [-0.05, 0) is 34.9 Å². The molecule has 0 fully saturated rings. The highest BCUT2D eigenvalue weighted by atomic mass is 16.5. The average molecular weight is 434 g/mol. The van der Waals surface area contributed by atoms with Crippen LogP contribution in [0.4, 0.5) is 0 Å². The number of aromatic amines is 1. The van der Waals surface area contributed by atoms with E-state index in [2.05, 4.69) is 52.4 Å². The first-order valence-electron chi connectivity index (χ1n) is 11.0. The van der Waals surface area contributed by atoms with Crippen LogP contribution in [0.25, 0.3) is 33.3 Å². The highest BCUT2D eigenvalue weighted by Gasteiger charge is 2.17. The first-order valence-corrected chi connectivity index (χ1v) is 11.0. The Bertz CT molecular complexity index is 1350. The molecule has 5 rings (SSSR count). The summed E-state index contributed by atoms with van der Waals surface area (Å²) in [6, 6.07) is 26.8. The molecule has 3 N–H and O–H groups in total. The molecule has 0 saturated carbocycles. The van der Waals surface area contributed by atoms with Crippen LogP contribution in [0.15, 0.2) is 97.5 Å². The van der Waals surface area contributed by atoms with Crippen molar-refractivity contribution in [3.05, 3.63) is 109 Å². The Hall–Kier alpha value is -4.09. The van der Waals surface area contributed by atoms with Crippen molar-refractivity contribution >= 4 is 10.9 Å². The van der Waals surface area contributed by atoms with Crippen molar-refractivity contribution in [2.24, 2.45) is 5.73 Å². The molecule has 0 aliphatic carbocycles. The lowest BCUT2D eigenvalue weighted by atomic mass is 9.97. The van der Waals surface area contributed by atoms with Crippen LogP contribution in [0.5, 0.6) is 5.88 Å². The van der Waals surface area contributed by atoms with E-state index >= 15 is 0 Å². The van der Waals surface area contributed by atoms with Gasteiger partial charge in [-0.3, -0.25) is 4.98 Å². The molecule has 0 amide bonds. The van der Waals surface area contributed by atoms with Gasteiger partial charge in [0.15, 0.2) is 6.20 Å². The van der Waals surface area contributed by atoms with Gasteiger partial charge in [0.25, 0.3) is 0 Å². The molecule has 0 atom stereocenters. The summed E-state index contributed by atoms with van der Waals surface area (Å²) in [5.41, 5.74) is 13.1. The summed E-state index contributed by atoms with van der Waals surface area (Å²) < 4.78 is 6.16. The van der Waals surface area contributed by atoms with E-state index in [-0.39, 0.29) is 0 Å². The van der Waals surface area contributed by atoms with Crippen LogP contribution in [-0.2, 0) is 13.0 Å². The molecule has 0 unspecified atom stereocenters. The van der Waals surface area contributed by atoms with Gasteiger partial charge in [0, 0.05) is 42.6 Å². The summed E-state index contributed by atoms with van der Waals surface area (Å²) in [4.78, 5) is 12.4. The minimum absolute atomic E-state index is 0.521. The molecule has 162 valence electrons. The number of fused-ring (bicyclic) bond motifs is 1. The molecule has 0 spiro atoms. The molecule has 0 bridgehead atoms. The maximum Gasteiger partial charge on any atom is 0.375 e. The van der Waals surface area contributed by atoms with Crippen molar-refractivity contribution in [3.8, 4) is 28.3 Å². The van der Waals surface area contributed by atoms with E-state index in [0.29, 0.717) is 13.2 Å². The van der Waals surface area contributed by atoms with Crippen LogP contribution in [0.1, 0.15) is 11.1 Å². The Kier molecular flexibility index (Phi) is 6.04. The quantitative estimate of drug-likeness (QED) is 0.398. The number of aromatic nitrogens is 3. The minimum atomic E-state index is 0.521. The molecule has 0 aliphatic rings. The predicted octanol–water partition coefficient (Wildman–Crippen LogP) is 4.86. The lowest BCUT2D eigenvalue weighted by Crippen LogP contribution is -2.12. The molecule has 5 aromatic rings. The SMILES string of the molecule is NCc1ccc(-c2nc3cc[nH+]c(OCCc4ccncc4)c3cc2-c2ccccc2)cc1. The van der Waals surface area contributed by atoms with Gasteiger partial charge in [0.05, 0.1) is 17.8 Å². The predicted molar refractivity (Wildman–Crippen MR) is 130 cm³/mol. The van der Waals surface area contributed by atoms with E-state index < -0.39 is 0 Å². The summed E-state index contributed by atoms with van der Waals surface area (Å²) in [5, 5.41) is 0.952. The fourth-order valence-corrected chi connectivity index (χ4v) is 3.91. The van der Waals surface area contributed by atoms with Crippen LogP contribution in [0.2, 0.25) is 0 Å². The zero-order valence-corrected chi connectivity index (χ0v) is 18.2. The van der Waals surface area contributed by atoms with Crippen LogP contribution in [0.3, 0.4) is 0 Å². The van der Waals surface area contributed by atoms with E-state index in [1.165, 1.54) is 5.56 Å². The van der Waals surface area contributed by atoms with E-state index in [0.717, 1.165) is 51.2 Å². The first-order chi connectivity index (χ1) is 16.3. The molecule has 33 heavy (non-hydrogen) atoms. The normalized spacial score (nSPS) is 10.9. The summed E-state index contributed by atoms with van der Waals surface area (Å²) >= 11 is 0. The number of hydrogen-bond donors (Lipinski definition) is 1. The van der Waals surface area contributed by atoms with Crippen molar-refractivity contribution in [1.29, 1.82) is 0 Å². The minimum Gasteiger partial charge on any atom is -0.444 e. The fourth-order valence-electron chi connectivity index (χ4n) is 3.91. The molecule has 2 aromatic carbocycles. The molecule has 0 radical (unpaired) electrons. The van der Waals surface area contributed by atoms with Gasteiger partial charge < -0.3 is 10.5 Å². The molecule has 5 nitrogen and oxygen atoms in total. The smallest absolute Gasteiger partial charge is 0.375 e. The van der Waals surface area contributed by atoms with Crippen molar-refractivity contribution in [1.82, 2.24) is 9.97 Å². The van der Waals surface area contributed by atoms with Crippen LogP contribution in [0, 0.1) is 0 Å². The van der Waals surface area contributed by atoms with E-state index in [4.69, 9.17) is 15.5 Å². The molecule has 0 saturated heterocycles. The highest BCUT2D eigenvalue weighted by Crippen LogP contribution is 2.35. The second-order valence-electron chi connectivity index (χ2n) is 7.85. The van der Waals surface area contributed by atoms with Crippen molar-refractivity contribution in [3.63, 3.8) is 0 Å². The van der Waals surface area contributed by atoms with Crippen molar-refractivity contribution in [2.45, 2.75) is 13.0 Å². The third-order valence-electron chi connectivity index (χ3n) is 5.69. The number of rotatable bonds is 7. The topological polar surface area (TPSA) is 75.2 Å². The number of nitrogens with two attached hydrogens (primary N) is 1. The Morgan fingerprint density at radius 1 is 0.818 bits per heavy atom. The summed E-state index contributed by atoms with van der Waals surface area (Å²) in [7, 11) is 0. The van der Waals surface area contributed by atoms with Crippen LogP contribution < -0.4 is 15.5 Å². The van der Waals surface area contributed by atoms with Crippen LogP contribution in [-0.4, -0.2) is 16.6 Å². The monoisotopic (exact) mass is 433 g/mol. The molecule has 5 heteroatoms. The zero-order chi connectivity index (χ0) is 22.5. The van der Waals surface area contributed by atoms with Gasteiger partial charge in [-0.15, -0.1) is 0 Å². The average Bonchev–Trinajstić information content (AvgIpc) is 2.89. The number of benzene rings is 2. The Balaban J connectivity index is 1.56. The molecule has 3 heterocycles. The van der Waals surface area contributed by atoms with E-state index in [1.807, 2.05) is 42.6 Å². The number of nitrogens with one attached hydrogen (secondary N) is 1. The lowest BCUT2D eigenvalue weighted by Gasteiger charge is -2.12. The number of H-pyrrole nitrogens is 1.